The third kappa shape index (κ3) is 5.60. The lowest BCUT2D eigenvalue weighted by molar-refractivity contribution is -0.120. The number of aryl methyl sites for hydroxylation is 1. The van der Waals surface area contributed by atoms with Crippen LogP contribution in [-0.4, -0.2) is 37.7 Å². The Morgan fingerprint density at radius 2 is 1.91 bits per heavy atom. The lowest BCUT2D eigenvalue weighted by atomic mass is 9.85. The number of carbonyl (C=O) groups is 1. The number of nitrogens with one attached hydrogen (secondary N) is 2. The van der Waals surface area contributed by atoms with Crippen LogP contribution in [-0.2, 0) is 10.2 Å². The number of hydrogen-bond acceptors (Lipinski definition) is 8. The van der Waals surface area contributed by atoms with Crippen LogP contribution in [0.5, 0.6) is 5.88 Å². The molecule has 0 spiro atoms. The first-order valence-corrected chi connectivity index (χ1v) is 11.9. The normalized spacial score (nSPS) is 13.5. The number of carbonyl (C=O) groups excluding carboxylic acids is 1. The summed E-state index contributed by atoms with van der Waals surface area (Å²) in [7, 11) is 0. The van der Waals surface area contributed by atoms with Gasteiger partial charge in [-0.05, 0) is 70.2 Å². The van der Waals surface area contributed by atoms with Crippen molar-refractivity contribution in [1.82, 2.24) is 19.9 Å². The Labute approximate surface area is 198 Å². The summed E-state index contributed by atoms with van der Waals surface area (Å²) in [6.07, 6.45) is 7.47. The number of ether oxygens (including phenoxy) is 1. The molecule has 1 aliphatic rings. The number of anilines is 2. The predicted octanol–water partition coefficient (Wildman–Crippen LogP) is 4.78. The highest BCUT2D eigenvalue weighted by molar-refractivity contribution is 8.01. The highest BCUT2D eigenvalue weighted by Gasteiger charge is 2.33. The summed E-state index contributed by atoms with van der Waals surface area (Å²) in [5, 5.41) is 3.64. The van der Waals surface area contributed by atoms with E-state index in [1.54, 1.807) is 30.5 Å². The molecule has 8 nitrogen and oxygen atoms in total. The Balaban J connectivity index is 1.47. The first-order chi connectivity index (χ1) is 15.9. The fourth-order valence-corrected chi connectivity index (χ4v) is 4.01. The van der Waals surface area contributed by atoms with E-state index in [4.69, 9.17) is 4.74 Å². The predicted molar refractivity (Wildman–Crippen MR) is 131 cm³/mol. The second-order valence-electron chi connectivity index (χ2n) is 8.48. The third-order valence-electron chi connectivity index (χ3n) is 5.32. The number of rotatable bonds is 9. The number of hydrogen-bond donors (Lipinski definition) is 2. The molecule has 1 aromatic carbocycles. The zero-order chi connectivity index (χ0) is 23.4. The second-order valence-corrected chi connectivity index (χ2v) is 9.58. The van der Waals surface area contributed by atoms with Crippen LogP contribution in [0.2, 0.25) is 0 Å². The van der Waals surface area contributed by atoms with Gasteiger partial charge in [0.15, 0.2) is 0 Å². The SMILES string of the molecule is CCOc1cncc(-c2ccc(NC(=O)C(C)(C)c3nc(NSC4CC4)ncc3C)cc2)n1. The monoisotopic (exact) mass is 464 g/mol. The summed E-state index contributed by atoms with van der Waals surface area (Å²) in [5.41, 5.74) is 3.02. The van der Waals surface area contributed by atoms with Gasteiger partial charge in [-0.25, -0.2) is 15.0 Å². The number of nitrogens with zero attached hydrogens (tertiary/aromatic N) is 4. The van der Waals surface area contributed by atoms with Gasteiger partial charge in [0.05, 0.1) is 35.8 Å². The van der Waals surface area contributed by atoms with Gasteiger partial charge < -0.3 is 10.1 Å². The second kappa shape index (κ2) is 9.74. The van der Waals surface area contributed by atoms with Crippen LogP contribution in [0, 0.1) is 6.92 Å². The van der Waals surface area contributed by atoms with E-state index in [-0.39, 0.29) is 5.91 Å². The van der Waals surface area contributed by atoms with E-state index in [0.717, 1.165) is 11.1 Å². The van der Waals surface area contributed by atoms with Crippen LogP contribution in [0.25, 0.3) is 11.3 Å². The Morgan fingerprint density at radius 3 is 2.61 bits per heavy atom. The molecule has 0 radical (unpaired) electrons. The largest absolute Gasteiger partial charge is 0.477 e. The average Bonchev–Trinajstić information content (AvgIpc) is 3.64. The van der Waals surface area contributed by atoms with Crippen LogP contribution >= 0.6 is 11.9 Å². The fourth-order valence-electron chi connectivity index (χ4n) is 3.27. The summed E-state index contributed by atoms with van der Waals surface area (Å²) >= 11 is 1.64. The van der Waals surface area contributed by atoms with Crippen LogP contribution in [0.1, 0.15) is 44.9 Å². The fraction of sp³-hybridized carbons (Fsp3) is 0.375. The van der Waals surface area contributed by atoms with Gasteiger partial charge >= 0.3 is 0 Å². The van der Waals surface area contributed by atoms with Crippen LogP contribution < -0.4 is 14.8 Å². The number of benzene rings is 1. The molecule has 3 aromatic rings. The summed E-state index contributed by atoms with van der Waals surface area (Å²) in [4.78, 5) is 30.9. The molecule has 0 aliphatic heterocycles. The molecular formula is C24H28N6O2S. The first kappa shape index (κ1) is 23.0. The molecule has 0 saturated heterocycles. The van der Waals surface area contributed by atoms with Crippen LogP contribution in [0.4, 0.5) is 11.6 Å². The molecule has 4 rings (SSSR count). The molecule has 0 bridgehead atoms. The highest BCUT2D eigenvalue weighted by atomic mass is 32.2. The van der Waals surface area contributed by atoms with Crippen molar-refractivity contribution in [3.63, 3.8) is 0 Å². The summed E-state index contributed by atoms with van der Waals surface area (Å²) in [6, 6.07) is 7.50. The summed E-state index contributed by atoms with van der Waals surface area (Å²) in [5.74, 6) is 0.878. The molecule has 2 N–H and O–H groups in total. The van der Waals surface area contributed by atoms with Crippen LogP contribution in [0.15, 0.2) is 42.9 Å². The van der Waals surface area contributed by atoms with Crippen molar-refractivity contribution >= 4 is 29.5 Å². The minimum absolute atomic E-state index is 0.143. The van der Waals surface area contributed by atoms with Crippen molar-refractivity contribution in [3.05, 3.63) is 54.1 Å². The maximum absolute atomic E-state index is 13.2. The minimum atomic E-state index is -0.844. The van der Waals surface area contributed by atoms with Gasteiger partial charge in [-0.2, -0.15) is 0 Å². The Bertz CT molecular complexity index is 1130. The standard InChI is InChI=1S/C24H28N6O2S/c1-5-32-20-14-25-13-19(28-20)16-6-8-17(9-7-16)27-22(31)24(3,4)21-15(2)12-26-23(29-21)30-33-18-10-11-18/h6-9,12-14,18H,5,10-11H2,1-4H3,(H,27,31)(H,26,29,30). The molecule has 1 aliphatic carbocycles. The van der Waals surface area contributed by atoms with Crippen LogP contribution in [0.3, 0.4) is 0 Å². The summed E-state index contributed by atoms with van der Waals surface area (Å²) in [6.45, 7) is 8.11. The van der Waals surface area contributed by atoms with Crippen molar-refractivity contribution in [2.45, 2.75) is 51.2 Å². The molecule has 2 aromatic heterocycles. The smallest absolute Gasteiger partial charge is 0.236 e. The summed E-state index contributed by atoms with van der Waals surface area (Å²) < 4.78 is 8.64. The molecule has 1 saturated carbocycles. The molecule has 9 heteroatoms. The van der Waals surface area contributed by atoms with Crippen molar-refractivity contribution < 1.29 is 9.53 Å². The third-order valence-corrected chi connectivity index (χ3v) is 6.42. The average molecular weight is 465 g/mol. The van der Waals surface area contributed by atoms with Gasteiger partial charge in [0.25, 0.3) is 0 Å². The van der Waals surface area contributed by atoms with E-state index in [9.17, 15) is 4.79 Å². The minimum Gasteiger partial charge on any atom is -0.477 e. The van der Waals surface area contributed by atoms with Gasteiger partial charge in [-0.3, -0.25) is 14.5 Å². The van der Waals surface area contributed by atoms with Gasteiger partial charge in [0.1, 0.15) is 0 Å². The van der Waals surface area contributed by atoms with E-state index in [2.05, 4.69) is 30.0 Å². The van der Waals surface area contributed by atoms with Gasteiger partial charge in [0, 0.05) is 22.7 Å². The van der Waals surface area contributed by atoms with Gasteiger partial charge in [-0.1, -0.05) is 12.1 Å². The van der Waals surface area contributed by atoms with E-state index < -0.39 is 5.41 Å². The zero-order valence-corrected chi connectivity index (χ0v) is 20.1. The molecule has 0 unspecified atom stereocenters. The molecule has 0 atom stereocenters. The first-order valence-electron chi connectivity index (χ1n) is 11.0. The van der Waals surface area contributed by atoms with Crippen molar-refractivity contribution in [2.75, 3.05) is 16.6 Å². The molecular weight excluding hydrogens is 436 g/mol. The number of aromatic nitrogens is 4. The molecule has 33 heavy (non-hydrogen) atoms. The van der Waals surface area contributed by atoms with Crippen molar-refractivity contribution in [3.8, 4) is 17.1 Å². The van der Waals surface area contributed by atoms with Crippen molar-refractivity contribution in [2.24, 2.45) is 0 Å². The van der Waals surface area contributed by atoms with Crippen molar-refractivity contribution in [1.29, 1.82) is 0 Å². The maximum atomic E-state index is 13.2. The maximum Gasteiger partial charge on any atom is 0.236 e. The van der Waals surface area contributed by atoms with Gasteiger partial charge in [0.2, 0.25) is 17.7 Å². The Morgan fingerprint density at radius 1 is 1.15 bits per heavy atom. The lowest BCUT2D eigenvalue weighted by Gasteiger charge is -2.25. The Hall–Kier alpha value is -3.20. The topological polar surface area (TPSA) is 102 Å². The lowest BCUT2D eigenvalue weighted by Crippen LogP contribution is -2.36. The van der Waals surface area contributed by atoms with E-state index in [0.29, 0.717) is 40.8 Å². The zero-order valence-electron chi connectivity index (χ0n) is 19.3. The van der Waals surface area contributed by atoms with E-state index in [1.165, 1.54) is 12.8 Å². The molecule has 172 valence electrons. The highest BCUT2D eigenvalue weighted by Crippen LogP contribution is 2.34. The van der Waals surface area contributed by atoms with E-state index in [1.807, 2.05) is 52.0 Å². The van der Waals surface area contributed by atoms with Gasteiger partial charge in [-0.15, -0.1) is 0 Å². The molecule has 1 amide bonds. The quantitative estimate of drug-likeness (QED) is 0.436. The van der Waals surface area contributed by atoms with E-state index >= 15 is 0 Å². The molecule has 2 heterocycles. The number of amides is 1. The Kier molecular flexibility index (Phi) is 6.78. The molecule has 1 fully saturated rings.